The predicted molar refractivity (Wildman–Crippen MR) is 106 cm³/mol. The van der Waals surface area contributed by atoms with Crippen molar-refractivity contribution in [1.82, 2.24) is 5.32 Å². The number of thioether (sulfide) groups is 1. The smallest absolute Gasteiger partial charge is 0.251 e. The van der Waals surface area contributed by atoms with Gasteiger partial charge in [-0.1, -0.05) is 36.4 Å². The average molecular weight is 372 g/mol. The molecular weight excluding hydrogens is 346 g/mol. The number of hydrogen-bond acceptors (Lipinski definition) is 4. The summed E-state index contributed by atoms with van der Waals surface area (Å²) in [5, 5.41) is 3.66. The zero-order valence-electron chi connectivity index (χ0n) is 14.9. The number of carbonyl (C=O) groups is 1. The van der Waals surface area contributed by atoms with E-state index >= 15 is 0 Å². The lowest BCUT2D eigenvalue weighted by Gasteiger charge is -2.21. The number of amides is 1. The van der Waals surface area contributed by atoms with E-state index in [0.29, 0.717) is 29.7 Å². The molecule has 138 valence electrons. The van der Waals surface area contributed by atoms with Gasteiger partial charge in [-0.2, -0.15) is 11.8 Å². The van der Waals surface area contributed by atoms with Gasteiger partial charge in [-0.25, -0.2) is 0 Å². The van der Waals surface area contributed by atoms with Crippen LogP contribution in [0.5, 0.6) is 5.75 Å². The molecule has 0 unspecified atom stereocenters. The second kappa shape index (κ2) is 10.2. The molecule has 0 radical (unpaired) electrons. The maximum absolute atomic E-state index is 12.3. The van der Waals surface area contributed by atoms with Gasteiger partial charge in [0.15, 0.2) is 0 Å². The Hall–Kier alpha value is -1.98. The molecule has 2 aromatic rings. The Morgan fingerprint density at radius 1 is 1.12 bits per heavy atom. The molecule has 1 aliphatic heterocycles. The Balaban J connectivity index is 1.42. The highest BCUT2D eigenvalue weighted by Gasteiger charge is 2.14. The van der Waals surface area contributed by atoms with Gasteiger partial charge in [0.1, 0.15) is 12.4 Å². The van der Waals surface area contributed by atoms with E-state index in [4.69, 9.17) is 9.47 Å². The third kappa shape index (κ3) is 6.07. The molecule has 1 aliphatic rings. The zero-order chi connectivity index (χ0) is 18.0. The van der Waals surface area contributed by atoms with Gasteiger partial charge >= 0.3 is 0 Å². The van der Waals surface area contributed by atoms with Crippen LogP contribution in [-0.4, -0.2) is 36.7 Å². The highest BCUT2D eigenvalue weighted by Crippen LogP contribution is 2.21. The van der Waals surface area contributed by atoms with Crippen LogP contribution in [0.15, 0.2) is 54.6 Å². The van der Waals surface area contributed by atoms with Gasteiger partial charge < -0.3 is 14.8 Å². The van der Waals surface area contributed by atoms with Crippen molar-refractivity contribution in [2.24, 2.45) is 0 Å². The molecule has 3 rings (SSSR count). The number of carbonyl (C=O) groups excluding carboxylic acids is 1. The Morgan fingerprint density at radius 3 is 2.73 bits per heavy atom. The molecule has 26 heavy (non-hydrogen) atoms. The van der Waals surface area contributed by atoms with Crippen LogP contribution in [0.3, 0.4) is 0 Å². The molecular formula is C21H25NO3S. The summed E-state index contributed by atoms with van der Waals surface area (Å²) < 4.78 is 11.2. The summed E-state index contributed by atoms with van der Waals surface area (Å²) in [7, 11) is 0. The Labute approximate surface area is 159 Å². The number of hydrogen-bond donors (Lipinski definition) is 1. The minimum atomic E-state index is -0.0530. The third-order valence-corrected chi connectivity index (χ3v) is 5.64. The van der Waals surface area contributed by atoms with E-state index in [1.807, 2.05) is 60.3 Å². The number of ether oxygens (including phenoxy) is 2. The predicted octanol–water partition coefficient (Wildman–Crippen LogP) is 3.91. The first-order valence-electron chi connectivity index (χ1n) is 9.05. The molecule has 2 aromatic carbocycles. The molecule has 0 atom stereocenters. The second-order valence-electron chi connectivity index (χ2n) is 6.24. The van der Waals surface area contributed by atoms with E-state index in [0.717, 1.165) is 37.4 Å². The van der Waals surface area contributed by atoms with Crippen LogP contribution in [-0.2, 0) is 11.3 Å². The van der Waals surface area contributed by atoms with Crippen molar-refractivity contribution in [3.05, 3.63) is 65.7 Å². The first kappa shape index (κ1) is 18.8. The number of nitrogens with one attached hydrogen (secondary N) is 1. The van der Waals surface area contributed by atoms with E-state index < -0.39 is 0 Å². The lowest BCUT2D eigenvalue weighted by molar-refractivity contribution is 0.0954. The zero-order valence-corrected chi connectivity index (χ0v) is 15.7. The molecule has 0 saturated carbocycles. The van der Waals surface area contributed by atoms with Gasteiger partial charge in [-0.15, -0.1) is 0 Å². The molecule has 4 nitrogen and oxygen atoms in total. The topological polar surface area (TPSA) is 47.6 Å². The maximum atomic E-state index is 12.3. The quantitative estimate of drug-likeness (QED) is 0.715. The van der Waals surface area contributed by atoms with Gasteiger partial charge in [0.25, 0.3) is 5.91 Å². The molecule has 1 saturated heterocycles. The van der Waals surface area contributed by atoms with Gasteiger partial charge in [-0.3, -0.25) is 4.79 Å². The Kier molecular flexibility index (Phi) is 7.40. The highest BCUT2D eigenvalue weighted by atomic mass is 32.2. The summed E-state index contributed by atoms with van der Waals surface area (Å²) in [6.45, 7) is 2.89. The molecule has 0 aliphatic carbocycles. The molecule has 0 spiro atoms. The second-order valence-corrected chi connectivity index (χ2v) is 7.65. The van der Waals surface area contributed by atoms with E-state index in [9.17, 15) is 4.79 Å². The molecule has 0 bridgehead atoms. The van der Waals surface area contributed by atoms with Crippen LogP contribution in [0.1, 0.15) is 28.8 Å². The lowest BCUT2D eigenvalue weighted by atomic mass is 10.2. The summed E-state index contributed by atoms with van der Waals surface area (Å²) in [5.41, 5.74) is 1.74. The minimum Gasteiger partial charge on any atom is -0.489 e. The van der Waals surface area contributed by atoms with Gasteiger partial charge in [0, 0.05) is 36.3 Å². The lowest BCUT2D eigenvalue weighted by Crippen LogP contribution is -2.27. The molecule has 1 heterocycles. The van der Waals surface area contributed by atoms with E-state index in [1.54, 1.807) is 6.07 Å². The standard InChI is InChI=1S/C21H25NO3S/c23-21(22-11-14-26-20-9-12-24-13-10-20)18-7-4-8-19(15-18)25-16-17-5-2-1-3-6-17/h1-8,15,20H,9-14,16H2,(H,22,23). The van der Waals surface area contributed by atoms with Crippen LogP contribution >= 0.6 is 11.8 Å². The summed E-state index contributed by atoms with van der Waals surface area (Å²) >= 11 is 1.92. The summed E-state index contributed by atoms with van der Waals surface area (Å²) in [6.07, 6.45) is 2.22. The molecule has 0 aromatic heterocycles. The normalized spacial score (nSPS) is 14.8. The fraction of sp³-hybridized carbons (Fsp3) is 0.381. The molecule has 1 amide bonds. The summed E-state index contributed by atoms with van der Waals surface area (Å²) in [6, 6.07) is 17.3. The van der Waals surface area contributed by atoms with Gasteiger partial charge in [0.05, 0.1) is 0 Å². The van der Waals surface area contributed by atoms with Crippen molar-refractivity contribution < 1.29 is 14.3 Å². The summed E-state index contributed by atoms with van der Waals surface area (Å²) in [4.78, 5) is 12.3. The van der Waals surface area contributed by atoms with Crippen LogP contribution in [0, 0.1) is 0 Å². The van der Waals surface area contributed by atoms with Crippen LogP contribution in [0.25, 0.3) is 0 Å². The monoisotopic (exact) mass is 371 g/mol. The SMILES string of the molecule is O=C(NCCSC1CCOCC1)c1cccc(OCc2ccccc2)c1. The minimum absolute atomic E-state index is 0.0530. The largest absolute Gasteiger partial charge is 0.489 e. The van der Waals surface area contributed by atoms with Crippen LogP contribution < -0.4 is 10.1 Å². The number of benzene rings is 2. The molecule has 1 fully saturated rings. The Bertz CT molecular complexity index is 687. The van der Waals surface area contributed by atoms with Crippen molar-refractivity contribution in [3.63, 3.8) is 0 Å². The van der Waals surface area contributed by atoms with Crippen molar-refractivity contribution in [3.8, 4) is 5.75 Å². The van der Waals surface area contributed by atoms with Crippen LogP contribution in [0.2, 0.25) is 0 Å². The summed E-state index contributed by atoms with van der Waals surface area (Å²) in [5.74, 6) is 1.58. The van der Waals surface area contributed by atoms with Crippen molar-refractivity contribution in [2.45, 2.75) is 24.7 Å². The maximum Gasteiger partial charge on any atom is 0.251 e. The first-order chi connectivity index (χ1) is 12.8. The van der Waals surface area contributed by atoms with E-state index in [-0.39, 0.29) is 5.91 Å². The van der Waals surface area contributed by atoms with Crippen molar-refractivity contribution in [1.29, 1.82) is 0 Å². The van der Waals surface area contributed by atoms with Gasteiger partial charge in [0.2, 0.25) is 0 Å². The van der Waals surface area contributed by atoms with Crippen molar-refractivity contribution >= 4 is 17.7 Å². The van der Waals surface area contributed by atoms with E-state index in [1.165, 1.54) is 0 Å². The molecule has 5 heteroatoms. The highest BCUT2D eigenvalue weighted by molar-refractivity contribution is 7.99. The first-order valence-corrected chi connectivity index (χ1v) is 10.1. The Morgan fingerprint density at radius 2 is 1.92 bits per heavy atom. The average Bonchev–Trinajstić information content (AvgIpc) is 2.71. The molecule has 1 N–H and O–H groups in total. The fourth-order valence-corrected chi connectivity index (χ4v) is 3.88. The van der Waals surface area contributed by atoms with E-state index in [2.05, 4.69) is 5.32 Å². The van der Waals surface area contributed by atoms with Gasteiger partial charge in [-0.05, 0) is 36.6 Å². The van der Waals surface area contributed by atoms with Crippen LogP contribution in [0.4, 0.5) is 0 Å². The fourth-order valence-electron chi connectivity index (χ4n) is 2.80. The number of rotatable bonds is 8. The third-order valence-electron chi connectivity index (χ3n) is 4.25. The van der Waals surface area contributed by atoms with Crippen molar-refractivity contribution in [2.75, 3.05) is 25.5 Å².